The van der Waals surface area contributed by atoms with Crippen molar-refractivity contribution in [1.29, 1.82) is 0 Å². The van der Waals surface area contributed by atoms with E-state index in [-0.39, 0.29) is 25.5 Å². The van der Waals surface area contributed by atoms with Crippen LogP contribution in [0.5, 0.6) is 0 Å². The zero-order valence-electron chi connectivity index (χ0n) is 11.1. The van der Waals surface area contributed by atoms with Crippen LogP contribution in [0.15, 0.2) is 35.2 Å². The van der Waals surface area contributed by atoms with Crippen molar-refractivity contribution in [3.05, 3.63) is 36.2 Å². The van der Waals surface area contributed by atoms with Gasteiger partial charge in [0.25, 0.3) is 5.91 Å². The summed E-state index contributed by atoms with van der Waals surface area (Å²) >= 11 is 0. The van der Waals surface area contributed by atoms with Gasteiger partial charge in [-0.05, 0) is 12.1 Å². The number of carbonyl (C=O) groups excluding carboxylic acids is 1. The Balaban J connectivity index is 1.79. The lowest BCUT2D eigenvalue weighted by Gasteiger charge is -2.22. The van der Waals surface area contributed by atoms with Crippen LogP contribution in [-0.2, 0) is 0 Å². The summed E-state index contributed by atoms with van der Waals surface area (Å²) in [6.45, 7) is -0.205. The molecule has 0 unspecified atom stereocenters. The van der Waals surface area contributed by atoms with Crippen molar-refractivity contribution in [2.24, 2.45) is 0 Å². The van der Waals surface area contributed by atoms with Crippen LogP contribution in [0.2, 0.25) is 0 Å². The number of benzene rings is 1. The second-order valence-electron chi connectivity index (χ2n) is 4.96. The molecular formula is C14H14FN3O3. The maximum Gasteiger partial charge on any atom is 0.254 e. The smallest absolute Gasteiger partial charge is 0.254 e. The van der Waals surface area contributed by atoms with E-state index in [0.29, 0.717) is 11.4 Å². The third-order valence-electron chi connectivity index (χ3n) is 3.59. The van der Waals surface area contributed by atoms with Crippen molar-refractivity contribution >= 4 is 5.91 Å². The molecule has 1 N–H and O–H groups in total. The minimum atomic E-state index is -1.08. The number of likely N-dealkylation sites (tertiary alicyclic amines) is 1. The molecule has 1 saturated heterocycles. The average molecular weight is 291 g/mol. The van der Waals surface area contributed by atoms with Crippen molar-refractivity contribution in [2.75, 3.05) is 13.2 Å². The van der Waals surface area contributed by atoms with E-state index in [0.717, 1.165) is 5.56 Å². The van der Waals surface area contributed by atoms with Crippen LogP contribution in [0, 0.1) is 0 Å². The van der Waals surface area contributed by atoms with Crippen LogP contribution < -0.4 is 0 Å². The summed E-state index contributed by atoms with van der Waals surface area (Å²) in [6, 6.07) is 6.22. The molecule has 0 saturated carbocycles. The van der Waals surface area contributed by atoms with Crippen molar-refractivity contribution < 1.29 is 18.8 Å². The maximum absolute atomic E-state index is 13.4. The molecule has 2 atom stereocenters. The SMILES string of the molecule is O=C(c1ccc(-c2ncon2)cc1)N1C[C@@H](F)C[C@H]1CO. The van der Waals surface area contributed by atoms with Gasteiger partial charge >= 0.3 is 0 Å². The zero-order chi connectivity index (χ0) is 14.8. The molecular weight excluding hydrogens is 277 g/mol. The van der Waals surface area contributed by atoms with Gasteiger partial charge in [-0.1, -0.05) is 17.3 Å². The molecule has 0 spiro atoms. The van der Waals surface area contributed by atoms with Crippen molar-refractivity contribution in [2.45, 2.75) is 18.6 Å². The van der Waals surface area contributed by atoms with Crippen LogP contribution in [0.25, 0.3) is 11.4 Å². The van der Waals surface area contributed by atoms with E-state index in [1.165, 1.54) is 11.3 Å². The molecule has 2 heterocycles. The van der Waals surface area contributed by atoms with Crippen LogP contribution in [0.1, 0.15) is 16.8 Å². The largest absolute Gasteiger partial charge is 0.394 e. The van der Waals surface area contributed by atoms with Crippen molar-refractivity contribution in [1.82, 2.24) is 15.0 Å². The Hall–Kier alpha value is -2.28. The Morgan fingerprint density at radius 2 is 2.19 bits per heavy atom. The Bertz CT molecular complexity index is 615. The molecule has 1 aromatic carbocycles. The van der Waals surface area contributed by atoms with Gasteiger partial charge in [0.05, 0.1) is 19.2 Å². The highest BCUT2D eigenvalue weighted by Crippen LogP contribution is 2.23. The van der Waals surface area contributed by atoms with Crippen LogP contribution >= 0.6 is 0 Å². The number of aromatic nitrogens is 2. The highest BCUT2D eigenvalue weighted by Gasteiger charge is 2.35. The fourth-order valence-corrected chi connectivity index (χ4v) is 2.51. The Morgan fingerprint density at radius 1 is 1.43 bits per heavy atom. The first-order chi connectivity index (χ1) is 10.2. The predicted molar refractivity (Wildman–Crippen MR) is 71.2 cm³/mol. The third-order valence-corrected chi connectivity index (χ3v) is 3.59. The molecule has 3 rings (SSSR count). The van der Waals surface area contributed by atoms with E-state index in [1.54, 1.807) is 24.3 Å². The first-order valence-corrected chi connectivity index (χ1v) is 6.61. The summed E-state index contributed by atoms with van der Waals surface area (Å²) < 4.78 is 18.1. The van der Waals surface area contributed by atoms with Gasteiger partial charge in [0.1, 0.15) is 6.17 Å². The van der Waals surface area contributed by atoms with Gasteiger partial charge < -0.3 is 14.5 Å². The molecule has 0 radical (unpaired) electrons. The molecule has 1 amide bonds. The lowest BCUT2D eigenvalue weighted by molar-refractivity contribution is 0.0673. The Morgan fingerprint density at radius 3 is 2.81 bits per heavy atom. The number of aliphatic hydroxyl groups excluding tert-OH is 1. The highest BCUT2D eigenvalue weighted by molar-refractivity contribution is 5.95. The molecule has 1 aromatic heterocycles. The number of amides is 1. The van der Waals surface area contributed by atoms with E-state index in [1.807, 2.05) is 0 Å². The summed E-state index contributed by atoms with van der Waals surface area (Å²) in [6.07, 6.45) is 0.333. The van der Waals surface area contributed by atoms with E-state index in [4.69, 9.17) is 0 Å². The van der Waals surface area contributed by atoms with E-state index in [9.17, 15) is 14.3 Å². The molecule has 2 aromatic rings. The van der Waals surface area contributed by atoms with E-state index < -0.39 is 12.2 Å². The Labute approximate surface area is 120 Å². The van der Waals surface area contributed by atoms with Crippen molar-refractivity contribution in [3.8, 4) is 11.4 Å². The number of aliphatic hydroxyl groups is 1. The molecule has 110 valence electrons. The molecule has 1 fully saturated rings. The third kappa shape index (κ3) is 2.64. The number of carbonyl (C=O) groups is 1. The number of rotatable bonds is 3. The minimum absolute atomic E-state index is 0.0245. The lowest BCUT2D eigenvalue weighted by Crippen LogP contribution is -2.37. The summed E-state index contributed by atoms with van der Waals surface area (Å²) in [5.41, 5.74) is 1.17. The second-order valence-corrected chi connectivity index (χ2v) is 4.96. The average Bonchev–Trinajstić information content (AvgIpc) is 3.16. The molecule has 6 nitrogen and oxygen atoms in total. The van der Waals surface area contributed by atoms with Crippen molar-refractivity contribution in [3.63, 3.8) is 0 Å². The summed E-state index contributed by atoms with van der Waals surface area (Å²) in [5, 5.41) is 12.9. The fraction of sp³-hybridized carbons (Fsp3) is 0.357. The van der Waals surface area contributed by atoms with E-state index >= 15 is 0 Å². The number of hydrogen-bond acceptors (Lipinski definition) is 5. The van der Waals surface area contributed by atoms with E-state index in [2.05, 4.69) is 14.7 Å². The first kappa shape index (κ1) is 13.7. The first-order valence-electron chi connectivity index (χ1n) is 6.61. The standard InChI is InChI=1S/C14H14FN3O3/c15-11-5-12(7-19)18(6-11)14(20)10-3-1-9(2-4-10)13-16-8-21-17-13/h1-4,8,11-12,19H,5-7H2/t11-,12-/m0/s1. The molecule has 21 heavy (non-hydrogen) atoms. The number of hydrogen-bond donors (Lipinski definition) is 1. The van der Waals surface area contributed by atoms with Crippen LogP contribution in [0.3, 0.4) is 0 Å². The zero-order valence-corrected chi connectivity index (χ0v) is 11.1. The quantitative estimate of drug-likeness (QED) is 0.921. The summed E-state index contributed by atoms with van der Waals surface area (Å²) in [5.74, 6) is 0.154. The second kappa shape index (κ2) is 5.61. The topological polar surface area (TPSA) is 79.5 Å². The van der Waals surface area contributed by atoms with Crippen LogP contribution in [0.4, 0.5) is 4.39 Å². The molecule has 1 aliphatic rings. The minimum Gasteiger partial charge on any atom is -0.394 e. The number of alkyl halides is 1. The molecule has 7 heteroatoms. The number of halogens is 1. The lowest BCUT2D eigenvalue weighted by atomic mass is 10.1. The normalized spacial score (nSPS) is 21.7. The predicted octanol–water partition coefficient (Wildman–Crippen LogP) is 1.28. The van der Waals surface area contributed by atoms with Gasteiger partial charge in [0, 0.05) is 17.5 Å². The van der Waals surface area contributed by atoms with Gasteiger partial charge in [0.2, 0.25) is 12.2 Å². The monoisotopic (exact) mass is 291 g/mol. The van der Waals surface area contributed by atoms with Gasteiger partial charge in [-0.15, -0.1) is 0 Å². The van der Waals surface area contributed by atoms with Crippen LogP contribution in [-0.4, -0.2) is 51.4 Å². The summed E-state index contributed by atoms with van der Waals surface area (Å²) in [7, 11) is 0. The van der Waals surface area contributed by atoms with Gasteiger partial charge in [0.15, 0.2) is 0 Å². The van der Waals surface area contributed by atoms with Gasteiger partial charge in [-0.25, -0.2) is 4.39 Å². The maximum atomic E-state index is 13.4. The van der Waals surface area contributed by atoms with Gasteiger partial charge in [-0.2, -0.15) is 4.98 Å². The highest BCUT2D eigenvalue weighted by atomic mass is 19.1. The molecule has 0 bridgehead atoms. The number of nitrogens with zero attached hydrogens (tertiary/aromatic N) is 3. The molecule has 0 aliphatic carbocycles. The molecule has 1 aliphatic heterocycles. The Kier molecular flexibility index (Phi) is 3.66. The fourth-order valence-electron chi connectivity index (χ4n) is 2.51. The van der Waals surface area contributed by atoms with Gasteiger partial charge in [-0.3, -0.25) is 4.79 Å². The summed E-state index contributed by atoms with van der Waals surface area (Å²) in [4.78, 5) is 17.7.